The Kier molecular flexibility index (Phi) is 5.02. The van der Waals surface area contributed by atoms with Gasteiger partial charge in [0.05, 0.1) is 16.3 Å². The van der Waals surface area contributed by atoms with E-state index in [0.29, 0.717) is 16.3 Å². The van der Waals surface area contributed by atoms with Crippen LogP contribution < -0.4 is 10.6 Å². The summed E-state index contributed by atoms with van der Waals surface area (Å²) < 4.78 is 0. The summed E-state index contributed by atoms with van der Waals surface area (Å²) in [5.41, 5.74) is 5.17. The van der Waals surface area contributed by atoms with Crippen LogP contribution >= 0.6 is 11.8 Å². The lowest BCUT2D eigenvalue weighted by molar-refractivity contribution is -0.122. The van der Waals surface area contributed by atoms with Crippen molar-refractivity contribution < 1.29 is 4.79 Å². The van der Waals surface area contributed by atoms with Gasteiger partial charge in [-0.1, -0.05) is 84.6 Å². The normalized spacial score (nSPS) is 19.9. The molecule has 0 saturated carbocycles. The second kappa shape index (κ2) is 8.35. The average Bonchev–Trinajstić information content (AvgIpc) is 3.46. The van der Waals surface area contributed by atoms with Gasteiger partial charge in [0.15, 0.2) is 0 Å². The van der Waals surface area contributed by atoms with Crippen LogP contribution in [0.15, 0.2) is 107 Å². The first-order valence-electron chi connectivity index (χ1n) is 11.1. The lowest BCUT2D eigenvalue weighted by atomic mass is 9.88. The molecule has 35 heavy (non-hydrogen) atoms. The highest BCUT2D eigenvalue weighted by Gasteiger charge is 2.48. The van der Waals surface area contributed by atoms with E-state index >= 15 is 0 Å². The Morgan fingerprint density at radius 1 is 0.914 bits per heavy atom. The summed E-state index contributed by atoms with van der Waals surface area (Å²) in [5.74, 6) is 0.356. The highest BCUT2D eigenvalue weighted by atomic mass is 32.2. The Bertz CT molecular complexity index is 1490. The molecule has 1 saturated heterocycles. The van der Waals surface area contributed by atoms with E-state index in [1.807, 2.05) is 91.0 Å². The van der Waals surface area contributed by atoms with Gasteiger partial charge in [-0.15, -0.1) is 0 Å². The van der Waals surface area contributed by atoms with Gasteiger partial charge in [-0.2, -0.15) is 5.26 Å². The van der Waals surface area contributed by atoms with Crippen LogP contribution in [0.4, 0.5) is 11.4 Å². The molecule has 0 radical (unpaired) electrons. The molecule has 3 aromatic carbocycles. The number of rotatable bonds is 2. The van der Waals surface area contributed by atoms with Gasteiger partial charge in [0.1, 0.15) is 28.7 Å². The van der Waals surface area contributed by atoms with Gasteiger partial charge in [-0.05, 0) is 29.3 Å². The zero-order valence-electron chi connectivity index (χ0n) is 18.4. The van der Waals surface area contributed by atoms with E-state index in [0.717, 1.165) is 28.1 Å². The fraction of sp³-hybridized carbons (Fsp3) is 0.0357. The molecule has 3 N–H and O–H groups in total. The van der Waals surface area contributed by atoms with Gasteiger partial charge < -0.3 is 10.6 Å². The Hall–Kier alpha value is -4.54. The van der Waals surface area contributed by atoms with Crippen molar-refractivity contribution in [3.05, 3.63) is 118 Å². The second-order valence-corrected chi connectivity index (χ2v) is 9.35. The summed E-state index contributed by atoms with van der Waals surface area (Å²) in [6.07, 6.45) is 1.85. The summed E-state index contributed by atoms with van der Waals surface area (Å²) in [4.78, 5) is 15.5. The van der Waals surface area contributed by atoms with Gasteiger partial charge in [-0.3, -0.25) is 15.1 Å². The van der Waals surface area contributed by atoms with Gasteiger partial charge in [-0.25, -0.2) is 0 Å². The summed E-state index contributed by atoms with van der Waals surface area (Å²) >= 11 is 1.40. The molecule has 3 aromatic rings. The van der Waals surface area contributed by atoms with E-state index in [2.05, 4.69) is 16.7 Å². The molecule has 3 heterocycles. The van der Waals surface area contributed by atoms with Gasteiger partial charge >= 0.3 is 0 Å². The Morgan fingerprint density at radius 2 is 1.51 bits per heavy atom. The van der Waals surface area contributed by atoms with Crippen LogP contribution in [-0.4, -0.2) is 22.0 Å². The molecule has 6 nitrogen and oxygen atoms in total. The third kappa shape index (κ3) is 3.43. The zero-order valence-corrected chi connectivity index (χ0v) is 19.3. The lowest BCUT2D eigenvalue weighted by Gasteiger charge is -2.34. The fourth-order valence-corrected chi connectivity index (χ4v) is 5.85. The number of amides is 1. The van der Waals surface area contributed by atoms with E-state index in [9.17, 15) is 10.1 Å². The van der Waals surface area contributed by atoms with Crippen molar-refractivity contribution in [1.29, 1.82) is 10.7 Å². The van der Waals surface area contributed by atoms with Crippen LogP contribution in [0, 0.1) is 16.7 Å². The van der Waals surface area contributed by atoms with Crippen molar-refractivity contribution in [2.75, 3.05) is 10.6 Å². The molecule has 0 spiro atoms. The van der Waals surface area contributed by atoms with Gasteiger partial charge in [0.25, 0.3) is 5.91 Å². The maximum atomic E-state index is 13.5. The molecule has 1 amide bonds. The molecule has 0 bridgehead atoms. The maximum absolute atomic E-state index is 13.5. The molecular formula is C28H19N5OS. The third-order valence-corrected chi connectivity index (χ3v) is 7.35. The first kappa shape index (κ1) is 21.0. The van der Waals surface area contributed by atoms with Crippen LogP contribution in [0.2, 0.25) is 0 Å². The Morgan fingerprint density at radius 3 is 2.14 bits per heavy atom. The molecule has 0 aliphatic carbocycles. The number of carbonyl (C=O) groups is 1. The summed E-state index contributed by atoms with van der Waals surface area (Å²) in [6.45, 7) is 0. The predicted molar refractivity (Wildman–Crippen MR) is 140 cm³/mol. The summed E-state index contributed by atoms with van der Waals surface area (Å²) in [7, 11) is 0. The van der Waals surface area contributed by atoms with Crippen molar-refractivity contribution in [2.45, 2.75) is 5.37 Å². The highest BCUT2D eigenvalue weighted by molar-refractivity contribution is 8.05. The van der Waals surface area contributed by atoms with E-state index < -0.39 is 5.37 Å². The standard InChI is InChI=1S/C28H19N5OS/c29-16-19-23(18-11-5-2-6-12-18)24(26-31-20-13-7-8-14-21(20)32-26)28-33(25(19)30)27(34)22(35-28)15-17-9-3-1-4-10-17/h1-15,28,30-32H/b22-15-,30-25?/t28-/m0/s1. The second-order valence-electron chi connectivity index (χ2n) is 8.23. The summed E-state index contributed by atoms with van der Waals surface area (Å²) in [5, 5.41) is 25.4. The molecule has 0 aromatic heterocycles. The van der Waals surface area contributed by atoms with Crippen molar-refractivity contribution >= 4 is 46.5 Å². The van der Waals surface area contributed by atoms with E-state index in [4.69, 9.17) is 5.41 Å². The lowest BCUT2D eigenvalue weighted by Crippen LogP contribution is -2.44. The van der Waals surface area contributed by atoms with Crippen molar-refractivity contribution in [3.8, 4) is 6.07 Å². The number of fused-ring (bicyclic) bond motifs is 2. The number of nitrogens with zero attached hydrogens (tertiary/aromatic N) is 2. The predicted octanol–water partition coefficient (Wildman–Crippen LogP) is 5.65. The van der Waals surface area contributed by atoms with E-state index in [1.54, 1.807) is 0 Å². The third-order valence-electron chi connectivity index (χ3n) is 6.13. The molecule has 3 aliphatic heterocycles. The maximum Gasteiger partial charge on any atom is 0.267 e. The first-order chi connectivity index (χ1) is 17.2. The largest absolute Gasteiger partial charge is 0.340 e. The molecule has 1 atom stereocenters. The summed E-state index contributed by atoms with van der Waals surface area (Å²) in [6, 6.07) is 29.3. The zero-order chi connectivity index (χ0) is 23.9. The van der Waals surface area contributed by atoms with Crippen molar-refractivity contribution in [1.82, 2.24) is 4.90 Å². The number of para-hydroxylation sites is 2. The Balaban J connectivity index is 1.56. The van der Waals surface area contributed by atoms with E-state index in [1.165, 1.54) is 16.7 Å². The first-order valence-corrected chi connectivity index (χ1v) is 12.0. The number of nitriles is 1. The molecule has 6 rings (SSSR count). The molecule has 0 unspecified atom stereocenters. The van der Waals surface area contributed by atoms with Crippen LogP contribution in [0.3, 0.4) is 0 Å². The topological polar surface area (TPSA) is 92.0 Å². The number of hydrogen-bond acceptors (Lipinski definition) is 6. The smallest absolute Gasteiger partial charge is 0.267 e. The monoisotopic (exact) mass is 473 g/mol. The average molecular weight is 474 g/mol. The number of hydrogen-bond donors (Lipinski definition) is 3. The number of amidine groups is 1. The minimum Gasteiger partial charge on any atom is -0.340 e. The van der Waals surface area contributed by atoms with E-state index in [-0.39, 0.29) is 17.3 Å². The van der Waals surface area contributed by atoms with Crippen molar-refractivity contribution in [3.63, 3.8) is 0 Å². The van der Waals surface area contributed by atoms with Crippen LogP contribution in [0.1, 0.15) is 11.1 Å². The molecule has 3 aliphatic rings. The van der Waals surface area contributed by atoms with Crippen LogP contribution in [0.5, 0.6) is 0 Å². The number of carbonyl (C=O) groups excluding carboxylic acids is 1. The van der Waals surface area contributed by atoms with Crippen LogP contribution in [-0.2, 0) is 4.79 Å². The molecular weight excluding hydrogens is 454 g/mol. The van der Waals surface area contributed by atoms with Crippen molar-refractivity contribution in [2.24, 2.45) is 0 Å². The minimum absolute atomic E-state index is 0.0785. The van der Waals surface area contributed by atoms with Gasteiger partial charge in [0.2, 0.25) is 0 Å². The van der Waals surface area contributed by atoms with Gasteiger partial charge in [0, 0.05) is 11.1 Å². The number of thioether (sulfide) groups is 1. The number of benzene rings is 3. The fourth-order valence-electron chi connectivity index (χ4n) is 4.55. The minimum atomic E-state index is -0.499. The molecule has 7 heteroatoms. The number of anilines is 2. The quantitative estimate of drug-likeness (QED) is 0.419. The molecule has 1 fully saturated rings. The Labute approximate surface area is 206 Å². The van der Waals surface area contributed by atoms with Crippen LogP contribution in [0.25, 0.3) is 11.6 Å². The highest BCUT2D eigenvalue weighted by Crippen LogP contribution is 2.50. The number of nitrogens with one attached hydrogen (secondary N) is 3. The SMILES string of the molecule is N#CC1=C(c2ccccc2)C(=C2Nc3ccccc3N2)[C@@H]2S/C(=C\c3ccccc3)C(=O)N2C1=N. The molecule has 168 valence electrons.